The molecule has 0 radical (unpaired) electrons. The molecule has 1 atom stereocenters. The van der Waals surface area contributed by atoms with E-state index in [2.05, 4.69) is 5.32 Å². The second-order valence-corrected chi connectivity index (χ2v) is 5.12. The van der Waals surface area contributed by atoms with Crippen LogP contribution in [-0.2, 0) is 4.79 Å². The van der Waals surface area contributed by atoms with Crippen molar-refractivity contribution in [3.63, 3.8) is 0 Å². The highest BCUT2D eigenvalue weighted by Gasteiger charge is 2.30. The third-order valence-corrected chi connectivity index (χ3v) is 2.93. The highest BCUT2D eigenvalue weighted by molar-refractivity contribution is 5.82. The smallest absolute Gasteiger partial charge is 0.227 e. The lowest BCUT2D eigenvalue weighted by Crippen LogP contribution is -2.46. The van der Waals surface area contributed by atoms with Crippen molar-refractivity contribution in [3.05, 3.63) is 0 Å². The maximum Gasteiger partial charge on any atom is 0.227 e. The predicted molar refractivity (Wildman–Crippen MR) is 61.3 cm³/mol. The van der Waals surface area contributed by atoms with Crippen molar-refractivity contribution in [2.45, 2.75) is 34.1 Å². The Morgan fingerprint density at radius 2 is 1.93 bits per heavy atom. The molecule has 0 aromatic carbocycles. The number of nitrogens with two attached hydrogens (primary N) is 1. The lowest BCUT2D eigenvalue weighted by atomic mass is 9.86. The van der Waals surface area contributed by atoms with Crippen molar-refractivity contribution in [2.75, 3.05) is 19.7 Å². The van der Waals surface area contributed by atoms with Crippen molar-refractivity contribution in [2.24, 2.45) is 16.6 Å². The second kappa shape index (κ2) is 5.47. The molecule has 0 aromatic heterocycles. The van der Waals surface area contributed by atoms with Gasteiger partial charge in [-0.05, 0) is 13.3 Å². The van der Waals surface area contributed by atoms with Crippen LogP contribution in [0.2, 0.25) is 0 Å². The molecule has 0 heterocycles. The fourth-order valence-electron chi connectivity index (χ4n) is 0.986. The Bertz CT molecular complexity index is 211. The zero-order chi connectivity index (χ0) is 12.1. The lowest BCUT2D eigenvalue weighted by Gasteiger charge is -2.28. The summed E-state index contributed by atoms with van der Waals surface area (Å²) in [4.78, 5) is 11.8. The Kier molecular flexibility index (Phi) is 5.24. The van der Waals surface area contributed by atoms with Crippen LogP contribution in [0.4, 0.5) is 0 Å². The molecule has 4 N–H and O–H groups in total. The van der Waals surface area contributed by atoms with E-state index in [1.54, 1.807) is 0 Å². The van der Waals surface area contributed by atoms with Crippen LogP contribution in [0, 0.1) is 10.8 Å². The third-order valence-electron chi connectivity index (χ3n) is 2.93. The monoisotopic (exact) mass is 216 g/mol. The molecule has 90 valence electrons. The summed E-state index contributed by atoms with van der Waals surface area (Å²) in [6.45, 7) is 8.47. The highest BCUT2D eigenvalue weighted by atomic mass is 16.3. The van der Waals surface area contributed by atoms with Crippen LogP contribution in [-0.4, -0.2) is 30.7 Å². The van der Waals surface area contributed by atoms with Crippen molar-refractivity contribution < 1.29 is 9.90 Å². The van der Waals surface area contributed by atoms with E-state index in [0.717, 1.165) is 6.42 Å². The van der Waals surface area contributed by atoms with Gasteiger partial charge in [0, 0.05) is 25.1 Å². The maximum atomic E-state index is 11.8. The van der Waals surface area contributed by atoms with Gasteiger partial charge in [0.25, 0.3) is 0 Å². The van der Waals surface area contributed by atoms with Gasteiger partial charge in [-0.1, -0.05) is 20.8 Å². The SMILES string of the molecule is CCC(C)(CN)C(=O)NCC(C)(C)CO. The molecule has 0 bridgehead atoms. The Hall–Kier alpha value is -0.610. The number of carbonyl (C=O) groups excluding carboxylic acids is 1. The molecule has 0 spiro atoms. The maximum absolute atomic E-state index is 11.8. The molecule has 0 aromatic rings. The Morgan fingerprint density at radius 3 is 2.27 bits per heavy atom. The summed E-state index contributed by atoms with van der Waals surface area (Å²) >= 11 is 0. The molecule has 0 aliphatic heterocycles. The zero-order valence-corrected chi connectivity index (χ0v) is 10.3. The van der Waals surface area contributed by atoms with Gasteiger partial charge in [0.1, 0.15) is 0 Å². The molecule has 0 rings (SSSR count). The summed E-state index contributed by atoms with van der Waals surface area (Å²) in [7, 11) is 0. The van der Waals surface area contributed by atoms with Gasteiger partial charge in [-0.15, -0.1) is 0 Å². The number of rotatable bonds is 6. The van der Waals surface area contributed by atoms with E-state index in [9.17, 15) is 4.79 Å². The first kappa shape index (κ1) is 14.4. The molecular weight excluding hydrogens is 192 g/mol. The first-order valence-corrected chi connectivity index (χ1v) is 5.40. The molecule has 0 saturated carbocycles. The number of hydrogen-bond acceptors (Lipinski definition) is 3. The fourth-order valence-corrected chi connectivity index (χ4v) is 0.986. The van der Waals surface area contributed by atoms with Crippen LogP contribution >= 0.6 is 0 Å². The van der Waals surface area contributed by atoms with E-state index in [0.29, 0.717) is 13.1 Å². The molecule has 15 heavy (non-hydrogen) atoms. The minimum absolute atomic E-state index is 0.0333. The Morgan fingerprint density at radius 1 is 1.40 bits per heavy atom. The van der Waals surface area contributed by atoms with Crippen molar-refractivity contribution in [3.8, 4) is 0 Å². The summed E-state index contributed by atoms with van der Waals surface area (Å²) in [6.07, 6.45) is 0.717. The van der Waals surface area contributed by atoms with E-state index in [-0.39, 0.29) is 17.9 Å². The molecular formula is C11H24N2O2. The van der Waals surface area contributed by atoms with Gasteiger partial charge in [0.2, 0.25) is 5.91 Å². The van der Waals surface area contributed by atoms with Crippen molar-refractivity contribution in [1.29, 1.82) is 0 Å². The van der Waals surface area contributed by atoms with Gasteiger partial charge in [0.05, 0.1) is 5.41 Å². The highest BCUT2D eigenvalue weighted by Crippen LogP contribution is 2.20. The van der Waals surface area contributed by atoms with Gasteiger partial charge >= 0.3 is 0 Å². The number of hydrogen-bond donors (Lipinski definition) is 3. The molecule has 1 unspecified atom stereocenters. The number of aliphatic hydroxyl groups is 1. The minimum Gasteiger partial charge on any atom is -0.396 e. The lowest BCUT2D eigenvalue weighted by molar-refractivity contribution is -0.130. The first-order chi connectivity index (χ1) is 6.81. The molecule has 0 aliphatic carbocycles. The quantitative estimate of drug-likeness (QED) is 0.605. The minimum atomic E-state index is -0.495. The summed E-state index contributed by atoms with van der Waals surface area (Å²) in [6, 6.07) is 0. The number of nitrogens with one attached hydrogen (secondary N) is 1. The Labute approximate surface area is 92.2 Å². The summed E-state index contributed by atoms with van der Waals surface area (Å²) in [5.41, 5.74) is 4.81. The average Bonchev–Trinajstić information content (AvgIpc) is 2.24. The van der Waals surface area contributed by atoms with E-state index in [1.165, 1.54) is 0 Å². The van der Waals surface area contributed by atoms with E-state index in [4.69, 9.17) is 10.8 Å². The summed E-state index contributed by atoms with van der Waals surface area (Å²) in [5, 5.41) is 11.9. The van der Waals surface area contributed by atoms with E-state index < -0.39 is 5.41 Å². The predicted octanol–water partition coefficient (Wildman–Crippen LogP) is 0.496. The van der Waals surface area contributed by atoms with E-state index >= 15 is 0 Å². The Balaban J connectivity index is 4.26. The fraction of sp³-hybridized carbons (Fsp3) is 0.909. The van der Waals surface area contributed by atoms with E-state index in [1.807, 2.05) is 27.7 Å². The number of amides is 1. The molecule has 4 heteroatoms. The number of aliphatic hydroxyl groups excluding tert-OH is 1. The molecule has 4 nitrogen and oxygen atoms in total. The molecule has 1 amide bonds. The second-order valence-electron chi connectivity index (χ2n) is 5.12. The van der Waals surface area contributed by atoms with Crippen molar-refractivity contribution in [1.82, 2.24) is 5.32 Å². The third kappa shape index (κ3) is 4.18. The topological polar surface area (TPSA) is 75.4 Å². The average molecular weight is 216 g/mol. The number of carbonyl (C=O) groups is 1. The van der Waals surface area contributed by atoms with Gasteiger partial charge in [-0.3, -0.25) is 4.79 Å². The first-order valence-electron chi connectivity index (χ1n) is 5.40. The summed E-state index contributed by atoms with van der Waals surface area (Å²) < 4.78 is 0. The van der Waals surface area contributed by atoms with Gasteiger partial charge in [0.15, 0.2) is 0 Å². The van der Waals surface area contributed by atoms with Crippen LogP contribution in [0.1, 0.15) is 34.1 Å². The standard InChI is InChI=1S/C11H24N2O2/c1-5-11(4,6-12)9(15)13-7-10(2,3)8-14/h14H,5-8,12H2,1-4H3,(H,13,15). The normalized spacial score (nSPS) is 15.9. The molecule has 0 fully saturated rings. The van der Waals surface area contributed by atoms with Crippen LogP contribution in [0.5, 0.6) is 0 Å². The van der Waals surface area contributed by atoms with Crippen LogP contribution in [0.15, 0.2) is 0 Å². The van der Waals surface area contributed by atoms with Gasteiger partial charge in [-0.2, -0.15) is 0 Å². The zero-order valence-electron chi connectivity index (χ0n) is 10.3. The van der Waals surface area contributed by atoms with Crippen LogP contribution < -0.4 is 11.1 Å². The van der Waals surface area contributed by atoms with Crippen molar-refractivity contribution >= 4 is 5.91 Å². The van der Waals surface area contributed by atoms with Gasteiger partial charge in [-0.25, -0.2) is 0 Å². The molecule has 0 saturated heterocycles. The summed E-state index contributed by atoms with van der Waals surface area (Å²) in [5.74, 6) is -0.0333. The molecule has 0 aliphatic rings. The van der Waals surface area contributed by atoms with Gasteiger partial charge < -0.3 is 16.2 Å². The van der Waals surface area contributed by atoms with Crippen LogP contribution in [0.25, 0.3) is 0 Å². The largest absolute Gasteiger partial charge is 0.396 e. The van der Waals surface area contributed by atoms with Crippen LogP contribution in [0.3, 0.4) is 0 Å².